The van der Waals surface area contributed by atoms with Crippen LogP contribution in [0.3, 0.4) is 0 Å². The number of esters is 1. The Bertz CT molecular complexity index is 722. The van der Waals surface area contributed by atoms with Gasteiger partial charge in [0, 0.05) is 18.0 Å². The molecule has 6 nitrogen and oxygen atoms in total. The van der Waals surface area contributed by atoms with Crippen molar-refractivity contribution in [1.82, 2.24) is 19.7 Å². The number of rotatable bonds is 8. The lowest BCUT2D eigenvalue weighted by Crippen LogP contribution is -2.21. The third-order valence-corrected chi connectivity index (χ3v) is 4.41. The van der Waals surface area contributed by atoms with Crippen molar-refractivity contribution < 1.29 is 22.7 Å². The molecule has 0 aliphatic carbocycles. The van der Waals surface area contributed by atoms with Crippen LogP contribution in [-0.2, 0) is 16.1 Å². The fourth-order valence-electron chi connectivity index (χ4n) is 2.05. The lowest BCUT2D eigenvalue weighted by molar-refractivity contribution is -0.142. The molecule has 142 valence electrons. The van der Waals surface area contributed by atoms with Gasteiger partial charge in [-0.1, -0.05) is 25.1 Å². The molecule has 0 aliphatic rings. The average molecular weight is 388 g/mol. The molecule has 10 heteroatoms. The highest BCUT2D eigenvalue weighted by Crippen LogP contribution is 2.30. The molecule has 0 amide bonds. The van der Waals surface area contributed by atoms with Crippen molar-refractivity contribution in [2.45, 2.75) is 49.8 Å². The van der Waals surface area contributed by atoms with Gasteiger partial charge in [-0.25, -0.2) is 0 Å². The summed E-state index contributed by atoms with van der Waals surface area (Å²) in [4.78, 5) is 15.8. The fourth-order valence-corrected chi connectivity index (χ4v) is 2.90. The van der Waals surface area contributed by atoms with Crippen LogP contribution in [0, 0.1) is 0 Å². The number of unbranched alkanes of at least 4 members (excludes halogenated alkanes) is 1. The first kappa shape index (κ1) is 20.2. The summed E-state index contributed by atoms with van der Waals surface area (Å²) in [5.41, 5.74) is 0.460. The zero-order valence-corrected chi connectivity index (χ0v) is 15.2. The summed E-state index contributed by atoms with van der Waals surface area (Å²) in [5, 5.41) is 7.02. The van der Waals surface area contributed by atoms with Crippen molar-refractivity contribution in [2.24, 2.45) is 0 Å². The van der Waals surface area contributed by atoms with Gasteiger partial charge in [-0.15, -0.1) is 10.2 Å². The van der Waals surface area contributed by atoms with Gasteiger partial charge in [-0.2, -0.15) is 13.2 Å². The highest BCUT2D eigenvalue weighted by atomic mass is 32.2. The molecule has 2 aromatic heterocycles. The molecule has 0 fully saturated rings. The van der Waals surface area contributed by atoms with E-state index >= 15 is 0 Å². The molecule has 26 heavy (non-hydrogen) atoms. The Labute approximate surface area is 153 Å². The molecule has 0 spiro atoms. The molecule has 2 rings (SSSR count). The Morgan fingerprint density at radius 1 is 1.31 bits per heavy atom. The van der Waals surface area contributed by atoms with Gasteiger partial charge in [0.15, 0.2) is 11.0 Å². The van der Waals surface area contributed by atoms with Crippen molar-refractivity contribution >= 4 is 17.7 Å². The first-order chi connectivity index (χ1) is 12.3. The molecule has 0 aromatic carbocycles. The summed E-state index contributed by atoms with van der Waals surface area (Å²) >= 11 is 0.892. The van der Waals surface area contributed by atoms with E-state index in [4.69, 9.17) is 4.74 Å². The van der Waals surface area contributed by atoms with E-state index in [0.717, 1.165) is 29.2 Å². The number of alkyl halides is 3. The van der Waals surface area contributed by atoms with Crippen molar-refractivity contribution in [3.8, 4) is 11.4 Å². The Balaban J connectivity index is 2.22. The van der Waals surface area contributed by atoms with E-state index in [1.54, 1.807) is 19.1 Å². The number of thioether (sulfide) groups is 1. The van der Waals surface area contributed by atoms with E-state index in [1.165, 1.54) is 12.4 Å². The van der Waals surface area contributed by atoms with Crippen molar-refractivity contribution in [3.63, 3.8) is 0 Å². The lowest BCUT2D eigenvalue weighted by Gasteiger charge is -2.14. The minimum absolute atomic E-state index is 0.00841. The van der Waals surface area contributed by atoms with E-state index in [2.05, 4.69) is 15.2 Å². The van der Waals surface area contributed by atoms with Crippen LogP contribution in [0.1, 0.15) is 26.7 Å². The maximum Gasteiger partial charge on any atom is 0.406 e. The molecule has 2 heterocycles. The Morgan fingerprint density at radius 2 is 2.00 bits per heavy atom. The first-order valence-corrected chi connectivity index (χ1v) is 8.93. The predicted molar refractivity (Wildman–Crippen MR) is 90.5 cm³/mol. The third kappa shape index (κ3) is 5.72. The molecule has 0 saturated heterocycles. The van der Waals surface area contributed by atoms with E-state index in [0.29, 0.717) is 5.56 Å². The maximum absolute atomic E-state index is 13.0. The second kappa shape index (κ2) is 9.02. The number of ether oxygens (including phenoxy) is 1. The molecule has 2 aromatic rings. The summed E-state index contributed by atoms with van der Waals surface area (Å²) in [6.07, 6.45) is 0.0822. The Kier molecular flexibility index (Phi) is 7.01. The van der Waals surface area contributed by atoms with Crippen LogP contribution in [-0.4, -0.2) is 43.8 Å². The first-order valence-electron chi connectivity index (χ1n) is 8.05. The van der Waals surface area contributed by atoms with Crippen molar-refractivity contribution in [1.29, 1.82) is 0 Å². The number of nitrogens with zero attached hydrogens (tertiary/aromatic N) is 4. The van der Waals surface area contributed by atoms with Gasteiger partial charge in [0.2, 0.25) is 0 Å². The minimum Gasteiger partial charge on any atom is -0.465 e. The predicted octanol–water partition coefficient (Wildman–Crippen LogP) is 3.73. The second-order valence-electron chi connectivity index (χ2n) is 5.52. The molecule has 0 bridgehead atoms. The Hall–Kier alpha value is -2.10. The number of carbonyl (C=O) groups is 1. The molecule has 0 aliphatic heterocycles. The van der Waals surface area contributed by atoms with Gasteiger partial charge in [-0.05, 0) is 25.5 Å². The number of carbonyl (C=O) groups excluding carboxylic acids is 1. The van der Waals surface area contributed by atoms with Gasteiger partial charge in [-0.3, -0.25) is 14.3 Å². The summed E-state index contributed by atoms with van der Waals surface area (Å²) in [5.74, 6) is -0.422. The number of hydrogen-bond donors (Lipinski definition) is 0. The van der Waals surface area contributed by atoms with Crippen molar-refractivity contribution in [3.05, 3.63) is 24.5 Å². The summed E-state index contributed by atoms with van der Waals surface area (Å²) in [6.45, 7) is 2.57. The van der Waals surface area contributed by atoms with Gasteiger partial charge in [0.1, 0.15) is 11.8 Å². The van der Waals surface area contributed by atoms with Gasteiger partial charge < -0.3 is 4.74 Å². The van der Waals surface area contributed by atoms with Crippen LogP contribution in [0.25, 0.3) is 11.4 Å². The topological polar surface area (TPSA) is 69.9 Å². The highest BCUT2D eigenvalue weighted by Gasteiger charge is 2.32. The van der Waals surface area contributed by atoms with Crippen molar-refractivity contribution in [2.75, 3.05) is 6.61 Å². The standard InChI is InChI=1S/C16H19F3N4O2S/c1-3-4-9-25-14(24)11(2)26-15-22-21-13(12-5-7-20-8-6-12)23(15)10-16(17,18)19/h5-8,11H,3-4,9-10H2,1-2H3. The second-order valence-corrected chi connectivity index (χ2v) is 6.83. The van der Waals surface area contributed by atoms with Crippen LogP contribution in [0.5, 0.6) is 0 Å². The number of pyridine rings is 1. The number of aromatic nitrogens is 4. The number of hydrogen-bond acceptors (Lipinski definition) is 6. The summed E-state index contributed by atoms with van der Waals surface area (Å²) in [7, 11) is 0. The molecular weight excluding hydrogens is 369 g/mol. The SMILES string of the molecule is CCCCOC(=O)C(C)Sc1nnc(-c2ccncc2)n1CC(F)(F)F. The molecular formula is C16H19F3N4O2S. The fraction of sp³-hybridized carbons (Fsp3) is 0.500. The Morgan fingerprint density at radius 3 is 2.62 bits per heavy atom. The average Bonchev–Trinajstić information content (AvgIpc) is 2.96. The summed E-state index contributed by atoms with van der Waals surface area (Å²) < 4.78 is 45.1. The highest BCUT2D eigenvalue weighted by molar-refractivity contribution is 8.00. The van der Waals surface area contributed by atoms with Crippen LogP contribution in [0.4, 0.5) is 13.2 Å². The zero-order valence-electron chi connectivity index (χ0n) is 14.4. The molecule has 0 N–H and O–H groups in total. The van der Waals surface area contributed by atoms with Crippen LogP contribution >= 0.6 is 11.8 Å². The minimum atomic E-state index is -4.45. The molecule has 1 unspecified atom stereocenters. The summed E-state index contributed by atoms with van der Waals surface area (Å²) in [6, 6.07) is 3.10. The quantitative estimate of drug-likeness (QED) is 0.390. The molecule has 0 radical (unpaired) electrons. The van der Waals surface area contributed by atoms with E-state index in [9.17, 15) is 18.0 Å². The smallest absolute Gasteiger partial charge is 0.406 e. The molecule has 1 atom stereocenters. The number of halogens is 3. The van der Waals surface area contributed by atoms with Crippen LogP contribution < -0.4 is 0 Å². The largest absolute Gasteiger partial charge is 0.465 e. The van der Waals surface area contributed by atoms with E-state index in [-0.39, 0.29) is 17.6 Å². The lowest BCUT2D eigenvalue weighted by atomic mass is 10.2. The van der Waals surface area contributed by atoms with Gasteiger partial charge in [0.05, 0.1) is 6.61 Å². The van der Waals surface area contributed by atoms with Crippen LogP contribution in [0.15, 0.2) is 29.7 Å². The zero-order chi connectivity index (χ0) is 19.2. The maximum atomic E-state index is 13.0. The van der Waals surface area contributed by atoms with Gasteiger partial charge >= 0.3 is 12.1 Å². The van der Waals surface area contributed by atoms with Gasteiger partial charge in [0.25, 0.3) is 0 Å². The third-order valence-electron chi connectivity index (χ3n) is 3.35. The van der Waals surface area contributed by atoms with E-state index in [1.807, 2.05) is 6.92 Å². The van der Waals surface area contributed by atoms with Crippen LogP contribution in [0.2, 0.25) is 0 Å². The normalized spacial score (nSPS) is 12.8. The monoisotopic (exact) mass is 388 g/mol. The van der Waals surface area contributed by atoms with E-state index < -0.39 is 23.9 Å². The molecule has 0 saturated carbocycles.